The zero-order valence-corrected chi connectivity index (χ0v) is 10.9. The van der Waals surface area contributed by atoms with E-state index in [0.717, 1.165) is 19.6 Å². The summed E-state index contributed by atoms with van der Waals surface area (Å²) in [5.41, 5.74) is 2.24. The molecule has 0 aromatic heterocycles. The lowest BCUT2D eigenvalue weighted by Crippen LogP contribution is -2.68. The third-order valence-electron chi connectivity index (χ3n) is 3.74. The predicted octanol–water partition coefficient (Wildman–Crippen LogP) is 1.24. The Balaban J connectivity index is 2.03. The molecule has 0 spiro atoms. The molecular formula is C14H20N2O2. The number of aliphatic carboxylic acids is 1. The molecule has 1 aliphatic heterocycles. The Hall–Kier alpha value is -1.39. The van der Waals surface area contributed by atoms with Gasteiger partial charge in [0, 0.05) is 19.6 Å². The molecule has 4 nitrogen and oxygen atoms in total. The minimum Gasteiger partial charge on any atom is -0.481 e. The first kappa shape index (κ1) is 13.1. The van der Waals surface area contributed by atoms with Crippen LogP contribution < -0.4 is 5.32 Å². The largest absolute Gasteiger partial charge is 0.481 e. The van der Waals surface area contributed by atoms with Crippen LogP contribution in [0.4, 0.5) is 0 Å². The molecule has 0 saturated carbocycles. The summed E-state index contributed by atoms with van der Waals surface area (Å²) in [5, 5.41) is 12.2. The highest BCUT2D eigenvalue weighted by Gasteiger charge is 2.42. The third kappa shape index (κ3) is 2.71. The van der Waals surface area contributed by atoms with Crippen molar-refractivity contribution in [1.82, 2.24) is 10.2 Å². The number of benzene rings is 1. The smallest absolute Gasteiger partial charge is 0.305 e. The van der Waals surface area contributed by atoms with Crippen LogP contribution >= 0.6 is 0 Å². The Labute approximate surface area is 108 Å². The fourth-order valence-corrected chi connectivity index (χ4v) is 2.36. The normalized spacial score (nSPS) is 17.5. The fraction of sp³-hybridized carbons (Fsp3) is 0.500. The third-order valence-corrected chi connectivity index (χ3v) is 3.74. The van der Waals surface area contributed by atoms with Crippen LogP contribution in [0.2, 0.25) is 0 Å². The van der Waals surface area contributed by atoms with Crippen LogP contribution in [-0.4, -0.2) is 41.7 Å². The average Bonchev–Trinajstić information content (AvgIpc) is 2.26. The second-order valence-electron chi connectivity index (χ2n) is 5.24. The Kier molecular flexibility index (Phi) is 3.68. The lowest BCUT2D eigenvalue weighted by molar-refractivity contribution is -0.141. The maximum Gasteiger partial charge on any atom is 0.305 e. The Morgan fingerprint density at radius 3 is 2.44 bits per heavy atom. The van der Waals surface area contributed by atoms with Gasteiger partial charge in [0.1, 0.15) is 0 Å². The van der Waals surface area contributed by atoms with Gasteiger partial charge in [-0.15, -0.1) is 0 Å². The SMILES string of the molecule is Cc1ccc(CN(C)C2(CC(=O)O)CNC2)cc1. The molecular weight excluding hydrogens is 228 g/mol. The standard InChI is InChI=1S/C14H20N2O2/c1-11-3-5-12(6-4-11)8-16(2)14(7-13(17)18)9-15-10-14/h3-6,15H,7-10H2,1-2H3,(H,17,18). The van der Waals surface area contributed by atoms with E-state index in [1.807, 2.05) is 7.05 Å². The minimum absolute atomic E-state index is 0.197. The van der Waals surface area contributed by atoms with Gasteiger partial charge in [-0.05, 0) is 19.5 Å². The van der Waals surface area contributed by atoms with Crippen molar-refractivity contribution < 1.29 is 9.90 Å². The van der Waals surface area contributed by atoms with Gasteiger partial charge in [-0.25, -0.2) is 0 Å². The summed E-state index contributed by atoms with van der Waals surface area (Å²) in [4.78, 5) is 13.1. The number of hydrogen-bond acceptors (Lipinski definition) is 3. The van der Waals surface area contributed by atoms with Crippen molar-refractivity contribution in [2.24, 2.45) is 0 Å². The molecule has 4 heteroatoms. The summed E-state index contributed by atoms with van der Waals surface area (Å²) in [6, 6.07) is 8.39. The number of nitrogens with one attached hydrogen (secondary N) is 1. The van der Waals surface area contributed by atoms with Crippen LogP contribution in [0.25, 0.3) is 0 Å². The van der Waals surface area contributed by atoms with E-state index in [9.17, 15) is 4.79 Å². The first-order valence-electron chi connectivity index (χ1n) is 6.21. The zero-order valence-electron chi connectivity index (χ0n) is 10.9. The molecule has 0 unspecified atom stereocenters. The number of carboxylic acid groups (broad SMARTS) is 1. The first-order valence-corrected chi connectivity index (χ1v) is 6.21. The number of rotatable bonds is 5. The van der Waals surface area contributed by atoms with E-state index in [1.165, 1.54) is 11.1 Å². The first-order chi connectivity index (χ1) is 8.52. The topological polar surface area (TPSA) is 52.6 Å². The average molecular weight is 248 g/mol. The van der Waals surface area contributed by atoms with Crippen molar-refractivity contribution in [1.29, 1.82) is 0 Å². The number of likely N-dealkylation sites (N-methyl/N-ethyl adjacent to an activating group) is 1. The molecule has 1 fully saturated rings. The monoisotopic (exact) mass is 248 g/mol. The van der Waals surface area contributed by atoms with Gasteiger partial charge >= 0.3 is 5.97 Å². The lowest BCUT2D eigenvalue weighted by Gasteiger charge is -2.48. The summed E-state index contributed by atoms with van der Waals surface area (Å²) < 4.78 is 0. The minimum atomic E-state index is -0.729. The number of nitrogens with zero attached hydrogens (tertiary/aromatic N) is 1. The van der Waals surface area contributed by atoms with Crippen molar-refractivity contribution >= 4 is 5.97 Å². The van der Waals surface area contributed by atoms with Gasteiger partial charge in [-0.3, -0.25) is 9.69 Å². The van der Waals surface area contributed by atoms with Crippen LogP contribution in [-0.2, 0) is 11.3 Å². The van der Waals surface area contributed by atoms with E-state index in [4.69, 9.17) is 5.11 Å². The number of carboxylic acids is 1. The molecule has 2 N–H and O–H groups in total. The highest BCUT2D eigenvalue weighted by Crippen LogP contribution is 2.25. The molecule has 0 bridgehead atoms. The van der Waals surface area contributed by atoms with Crippen molar-refractivity contribution in [3.05, 3.63) is 35.4 Å². The Bertz CT molecular complexity index is 424. The van der Waals surface area contributed by atoms with Crippen LogP contribution in [0, 0.1) is 6.92 Å². The Morgan fingerprint density at radius 1 is 1.39 bits per heavy atom. The molecule has 0 amide bonds. The summed E-state index contributed by atoms with van der Waals surface area (Å²) in [7, 11) is 2.00. The molecule has 0 radical (unpaired) electrons. The van der Waals surface area contributed by atoms with E-state index in [-0.39, 0.29) is 12.0 Å². The molecule has 18 heavy (non-hydrogen) atoms. The summed E-state index contributed by atoms with van der Waals surface area (Å²) >= 11 is 0. The van der Waals surface area contributed by atoms with Gasteiger partial charge < -0.3 is 10.4 Å². The Morgan fingerprint density at radius 2 is 2.00 bits per heavy atom. The van der Waals surface area contributed by atoms with E-state index in [0.29, 0.717) is 0 Å². The molecule has 1 saturated heterocycles. The molecule has 2 rings (SSSR count). The van der Waals surface area contributed by atoms with Crippen LogP contribution in [0.5, 0.6) is 0 Å². The maximum atomic E-state index is 11.0. The quantitative estimate of drug-likeness (QED) is 0.823. The van der Waals surface area contributed by atoms with E-state index >= 15 is 0 Å². The van der Waals surface area contributed by atoms with Gasteiger partial charge in [-0.2, -0.15) is 0 Å². The second kappa shape index (κ2) is 5.08. The van der Waals surface area contributed by atoms with Crippen LogP contribution in [0.1, 0.15) is 17.5 Å². The van der Waals surface area contributed by atoms with Crippen molar-refractivity contribution in [2.45, 2.75) is 25.4 Å². The number of hydrogen-bond donors (Lipinski definition) is 2. The van der Waals surface area contributed by atoms with E-state index in [2.05, 4.69) is 41.4 Å². The molecule has 1 aliphatic rings. The second-order valence-corrected chi connectivity index (χ2v) is 5.24. The highest BCUT2D eigenvalue weighted by molar-refractivity contribution is 5.68. The molecule has 0 aliphatic carbocycles. The lowest BCUT2D eigenvalue weighted by atomic mass is 9.86. The molecule has 1 aromatic carbocycles. The summed E-state index contributed by atoms with van der Waals surface area (Å²) in [5.74, 6) is -0.729. The van der Waals surface area contributed by atoms with Gasteiger partial charge in [0.05, 0.1) is 12.0 Å². The number of carbonyl (C=O) groups is 1. The number of aryl methyl sites for hydroxylation is 1. The van der Waals surface area contributed by atoms with Crippen molar-refractivity contribution in [2.75, 3.05) is 20.1 Å². The van der Waals surface area contributed by atoms with Gasteiger partial charge in [0.25, 0.3) is 0 Å². The molecule has 98 valence electrons. The van der Waals surface area contributed by atoms with Crippen molar-refractivity contribution in [3.63, 3.8) is 0 Å². The molecule has 1 heterocycles. The van der Waals surface area contributed by atoms with E-state index < -0.39 is 5.97 Å². The molecule has 1 aromatic rings. The van der Waals surface area contributed by atoms with Crippen molar-refractivity contribution in [3.8, 4) is 0 Å². The summed E-state index contributed by atoms with van der Waals surface area (Å²) in [6.07, 6.45) is 0.197. The van der Waals surface area contributed by atoms with Crippen LogP contribution in [0.3, 0.4) is 0 Å². The zero-order chi connectivity index (χ0) is 13.2. The summed E-state index contributed by atoms with van der Waals surface area (Å²) in [6.45, 7) is 4.35. The van der Waals surface area contributed by atoms with Gasteiger partial charge in [0.15, 0.2) is 0 Å². The molecule has 0 atom stereocenters. The van der Waals surface area contributed by atoms with Crippen LogP contribution in [0.15, 0.2) is 24.3 Å². The predicted molar refractivity (Wildman–Crippen MR) is 70.5 cm³/mol. The van der Waals surface area contributed by atoms with E-state index in [1.54, 1.807) is 0 Å². The maximum absolute atomic E-state index is 11.0. The highest BCUT2D eigenvalue weighted by atomic mass is 16.4. The van der Waals surface area contributed by atoms with Gasteiger partial charge in [0.2, 0.25) is 0 Å². The van der Waals surface area contributed by atoms with Gasteiger partial charge in [-0.1, -0.05) is 29.8 Å². The fourth-order valence-electron chi connectivity index (χ4n) is 2.36.